The minimum Gasteiger partial charge on any atom is -0.493 e. The third kappa shape index (κ3) is 5.78. The molecule has 1 fully saturated rings. The molecule has 1 aliphatic rings. The van der Waals surface area contributed by atoms with Gasteiger partial charge in [0.05, 0.1) is 13.0 Å². The van der Waals surface area contributed by atoms with Crippen LogP contribution >= 0.6 is 11.6 Å². The van der Waals surface area contributed by atoms with Crippen molar-refractivity contribution < 1.29 is 19.4 Å². The van der Waals surface area contributed by atoms with Gasteiger partial charge in [-0.25, -0.2) is 0 Å². The van der Waals surface area contributed by atoms with Crippen LogP contribution in [0.2, 0.25) is 5.02 Å². The van der Waals surface area contributed by atoms with E-state index in [1.807, 2.05) is 50.2 Å². The van der Waals surface area contributed by atoms with E-state index in [4.69, 9.17) is 16.3 Å². The van der Waals surface area contributed by atoms with Crippen molar-refractivity contribution in [1.29, 1.82) is 0 Å². The first-order valence-electron chi connectivity index (χ1n) is 11.4. The molecule has 34 heavy (non-hydrogen) atoms. The number of benzene rings is 3. The maximum atomic E-state index is 13.2. The Balaban J connectivity index is 1.49. The Bertz CT molecular complexity index is 1200. The van der Waals surface area contributed by atoms with Gasteiger partial charge in [0.25, 0.3) is 5.91 Å². The average molecular weight is 478 g/mol. The van der Waals surface area contributed by atoms with Crippen molar-refractivity contribution >= 4 is 29.2 Å². The summed E-state index contributed by atoms with van der Waals surface area (Å²) >= 11 is 6.47. The van der Waals surface area contributed by atoms with Crippen molar-refractivity contribution in [3.8, 4) is 5.75 Å². The van der Waals surface area contributed by atoms with E-state index in [0.29, 0.717) is 34.4 Å². The number of ether oxygens (including phenoxy) is 1. The molecule has 0 atom stereocenters. The van der Waals surface area contributed by atoms with Gasteiger partial charge in [0.2, 0.25) is 0 Å². The van der Waals surface area contributed by atoms with Crippen LogP contribution in [0.15, 0.2) is 54.6 Å². The van der Waals surface area contributed by atoms with Crippen molar-refractivity contribution in [1.82, 2.24) is 0 Å². The van der Waals surface area contributed by atoms with Crippen LogP contribution in [0.25, 0.3) is 0 Å². The third-order valence-electron chi connectivity index (χ3n) is 6.03. The molecule has 0 heterocycles. The Morgan fingerprint density at radius 3 is 2.35 bits per heavy atom. The molecule has 3 aromatic carbocycles. The van der Waals surface area contributed by atoms with E-state index >= 15 is 0 Å². The van der Waals surface area contributed by atoms with Gasteiger partial charge in [-0.15, -0.1) is 0 Å². The summed E-state index contributed by atoms with van der Waals surface area (Å²) in [4.78, 5) is 24.5. The number of carbonyl (C=O) groups is 2. The van der Waals surface area contributed by atoms with Gasteiger partial charge in [-0.05, 0) is 84.7 Å². The van der Waals surface area contributed by atoms with Crippen LogP contribution in [-0.4, -0.2) is 23.6 Å². The molecule has 0 saturated heterocycles. The van der Waals surface area contributed by atoms with Gasteiger partial charge < -0.3 is 15.2 Å². The van der Waals surface area contributed by atoms with Crippen LogP contribution in [0.5, 0.6) is 5.75 Å². The monoisotopic (exact) mass is 477 g/mol. The number of aryl methyl sites for hydroxylation is 2. The molecule has 0 unspecified atom stereocenters. The average Bonchev–Trinajstić information content (AvgIpc) is 3.61. The number of carboxylic acid groups (broad SMARTS) is 1. The third-order valence-corrected chi connectivity index (χ3v) is 6.49. The first-order chi connectivity index (χ1) is 16.3. The highest BCUT2D eigenvalue weighted by atomic mass is 35.5. The van der Waals surface area contributed by atoms with Crippen LogP contribution in [0.4, 0.5) is 5.69 Å². The molecule has 1 aliphatic carbocycles. The summed E-state index contributed by atoms with van der Waals surface area (Å²) in [5.74, 6) is -0.140. The van der Waals surface area contributed by atoms with Gasteiger partial charge in [-0.1, -0.05) is 41.9 Å². The molecule has 3 aromatic rings. The lowest BCUT2D eigenvalue weighted by Crippen LogP contribution is -2.16. The lowest BCUT2D eigenvalue weighted by atomic mass is 10.0. The fraction of sp³-hybridized carbons (Fsp3) is 0.286. The number of aliphatic carboxylic acids is 1. The summed E-state index contributed by atoms with van der Waals surface area (Å²) in [5.41, 5.74) is 5.41. The first-order valence-corrected chi connectivity index (χ1v) is 11.8. The molecule has 0 spiro atoms. The number of carboxylic acids is 1. The molecular formula is C28H28ClNO4. The molecule has 1 saturated carbocycles. The molecule has 5 nitrogen and oxygen atoms in total. The lowest BCUT2D eigenvalue weighted by Gasteiger charge is -2.16. The summed E-state index contributed by atoms with van der Waals surface area (Å²) < 4.78 is 5.94. The summed E-state index contributed by atoms with van der Waals surface area (Å²) in [5, 5.41) is 12.7. The largest absolute Gasteiger partial charge is 0.493 e. The van der Waals surface area contributed by atoms with E-state index < -0.39 is 5.97 Å². The predicted molar refractivity (Wildman–Crippen MR) is 134 cm³/mol. The van der Waals surface area contributed by atoms with E-state index in [9.17, 15) is 14.7 Å². The van der Waals surface area contributed by atoms with Gasteiger partial charge in [0.15, 0.2) is 0 Å². The summed E-state index contributed by atoms with van der Waals surface area (Å²) in [6.45, 7) is 4.33. The van der Waals surface area contributed by atoms with Crippen LogP contribution in [0, 0.1) is 13.8 Å². The summed E-state index contributed by atoms with van der Waals surface area (Å²) in [7, 11) is 0. The van der Waals surface area contributed by atoms with Gasteiger partial charge in [0, 0.05) is 22.7 Å². The number of rotatable bonds is 9. The molecule has 0 aromatic heterocycles. The SMILES string of the molecule is Cc1cc(OCCc2ccccc2)cc(C)c1C(=O)Nc1cc(CC(=O)O)c(Cl)c(C2CC2)c1. The molecule has 6 heteroatoms. The van der Waals surface area contributed by atoms with E-state index in [0.717, 1.165) is 41.7 Å². The fourth-order valence-electron chi connectivity index (χ4n) is 4.25. The second kappa shape index (κ2) is 10.3. The summed E-state index contributed by atoms with van der Waals surface area (Å²) in [6, 6.07) is 17.4. The normalized spacial score (nSPS) is 12.9. The topological polar surface area (TPSA) is 75.6 Å². The molecule has 176 valence electrons. The number of halogens is 1. The zero-order valence-corrected chi connectivity index (χ0v) is 20.1. The van der Waals surface area contributed by atoms with Crippen molar-refractivity contribution in [2.45, 2.75) is 45.4 Å². The smallest absolute Gasteiger partial charge is 0.307 e. The van der Waals surface area contributed by atoms with Crippen molar-refractivity contribution in [3.05, 3.63) is 93.0 Å². The van der Waals surface area contributed by atoms with Crippen LogP contribution in [-0.2, 0) is 17.6 Å². The fourth-order valence-corrected chi connectivity index (χ4v) is 4.58. The first kappa shape index (κ1) is 23.8. The highest BCUT2D eigenvalue weighted by Gasteiger charge is 2.28. The summed E-state index contributed by atoms with van der Waals surface area (Å²) in [6.07, 6.45) is 2.66. The molecular weight excluding hydrogens is 450 g/mol. The van der Waals surface area contributed by atoms with E-state index in [2.05, 4.69) is 17.4 Å². The molecule has 0 bridgehead atoms. The maximum Gasteiger partial charge on any atom is 0.307 e. The van der Waals surface area contributed by atoms with Crippen LogP contribution < -0.4 is 10.1 Å². The highest BCUT2D eigenvalue weighted by Crippen LogP contribution is 2.45. The number of anilines is 1. The van der Waals surface area contributed by atoms with E-state index in [1.165, 1.54) is 5.56 Å². The minimum absolute atomic E-state index is 0.185. The van der Waals surface area contributed by atoms with Gasteiger partial charge in [-0.3, -0.25) is 9.59 Å². The standard InChI is InChI=1S/C28H28ClNO4/c1-17-12-23(34-11-10-19-6-4-3-5-7-19)13-18(2)26(17)28(33)30-22-14-21(15-25(31)32)27(29)24(16-22)20-8-9-20/h3-7,12-14,16,20H,8-11,15H2,1-2H3,(H,30,33)(H,31,32). The lowest BCUT2D eigenvalue weighted by molar-refractivity contribution is -0.136. The molecule has 0 radical (unpaired) electrons. The Hall–Kier alpha value is -3.31. The van der Waals surface area contributed by atoms with Crippen molar-refractivity contribution in [2.24, 2.45) is 0 Å². The van der Waals surface area contributed by atoms with Crippen LogP contribution in [0.3, 0.4) is 0 Å². The Labute approximate surface area is 204 Å². The number of amides is 1. The number of hydrogen-bond acceptors (Lipinski definition) is 3. The molecule has 0 aliphatic heterocycles. The Morgan fingerprint density at radius 2 is 1.74 bits per heavy atom. The zero-order chi connectivity index (χ0) is 24.2. The zero-order valence-electron chi connectivity index (χ0n) is 19.4. The molecule has 1 amide bonds. The van der Waals surface area contributed by atoms with Crippen LogP contribution in [0.1, 0.15) is 56.9 Å². The quantitative estimate of drug-likeness (QED) is 0.377. The number of hydrogen-bond donors (Lipinski definition) is 2. The van der Waals surface area contributed by atoms with E-state index in [1.54, 1.807) is 6.07 Å². The van der Waals surface area contributed by atoms with Gasteiger partial charge in [-0.2, -0.15) is 0 Å². The maximum absolute atomic E-state index is 13.2. The predicted octanol–water partition coefficient (Wildman–Crippen LogP) is 6.34. The van der Waals surface area contributed by atoms with Crippen molar-refractivity contribution in [3.63, 3.8) is 0 Å². The second-order valence-electron chi connectivity index (χ2n) is 8.85. The van der Waals surface area contributed by atoms with E-state index in [-0.39, 0.29) is 12.3 Å². The highest BCUT2D eigenvalue weighted by molar-refractivity contribution is 6.32. The van der Waals surface area contributed by atoms with Gasteiger partial charge in [0.1, 0.15) is 5.75 Å². The van der Waals surface area contributed by atoms with Crippen molar-refractivity contribution in [2.75, 3.05) is 11.9 Å². The molecule has 4 rings (SSSR count). The van der Waals surface area contributed by atoms with Gasteiger partial charge >= 0.3 is 5.97 Å². The number of nitrogens with one attached hydrogen (secondary N) is 1. The number of carbonyl (C=O) groups excluding carboxylic acids is 1. The Morgan fingerprint density at radius 1 is 1.06 bits per heavy atom. The Kier molecular flexibility index (Phi) is 7.23. The minimum atomic E-state index is -0.957. The molecule has 2 N–H and O–H groups in total. The second-order valence-corrected chi connectivity index (χ2v) is 9.23.